The molecule has 1 aromatic rings. The Morgan fingerprint density at radius 2 is 1.85 bits per heavy atom. The smallest absolute Gasteiger partial charge is 0.139 e. The Morgan fingerprint density at radius 1 is 1.05 bits per heavy atom. The number of benzene rings is 1. The van der Waals surface area contributed by atoms with Gasteiger partial charge in [-0.1, -0.05) is 19.4 Å². The molecule has 0 heterocycles. The predicted molar refractivity (Wildman–Crippen MR) is 88.0 cm³/mol. The summed E-state index contributed by atoms with van der Waals surface area (Å²) < 4.78 is 11.7. The second-order valence-electron chi connectivity index (χ2n) is 4.83. The van der Waals surface area contributed by atoms with Gasteiger partial charge in [0.05, 0.1) is 14.2 Å². The van der Waals surface area contributed by atoms with Crippen LogP contribution in [0.5, 0.6) is 11.5 Å². The van der Waals surface area contributed by atoms with Crippen molar-refractivity contribution >= 4 is 15.9 Å². The summed E-state index contributed by atoms with van der Waals surface area (Å²) in [6.45, 7) is 4.44. The van der Waals surface area contributed by atoms with Crippen LogP contribution in [0.15, 0.2) is 16.6 Å². The molecule has 0 saturated heterocycles. The highest BCUT2D eigenvalue weighted by Gasteiger charge is 2.12. The number of nitrogens with one attached hydrogen (secondary N) is 1. The normalized spacial score (nSPS) is 10.6. The number of unbranched alkanes of at least 4 members (excludes halogenated alkanes) is 2. The summed E-state index contributed by atoms with van der Waals surface area (Å²) in [5, 5.41) is 3.43. The molecule has 0 aliphatic heterocycles. The first-order valence-electron chi connectivity index (χ1n) is 7.34. The average Bonchev–Trinajstić information content (AvgIpc) is 2.46. The minimum Gasteiger partial charge on any atom is -0.495 e. The second kappa shape index (κ2) is 10.1. The summed E-state index contributed by atoms with van der Waals surface area (Å²) in [5.74, 6) is 1.71. The molecule has 0 saturated carbocycles. The van der Waals surface area contributed by atoms with E-state index < -0.39 is 0 Å². The fraction of sp³-hybridized carbons (Fsp3) is 0.625. The lowest BCUT2D eigenvalue weighted by molar-refractivity contribution is 0.385. The van der Waals surface area contributed by atoms with Gasteiger partial charge >= 0.3 is 0 Å². The molecule has 0 fully saturated rings. The molecule has 1 N–H and O–H groups in total. The van der Waals surface area contributed by atoms with Crippen molar-refractivity contribution < 1.29 is 9.47 Å². The molecule has 0 aliphatic carbocycles. The lowest BCUT2D eigenvalue weighted by Gasteiger charge is -2.13. The molecule has 0 aromatic heterocycles. The highest BCUT2D eigenvalue weighted by atomic mass is 79.9. The van der Waals surface area contributed by atoms with Gasteiger partial charge in [0.25, 0.3) is 0 Å². The Hall–Kier alpha value is -0.740. The standard InChI is InChI=1S/C16H26BrNO2/c1-4-11-18-12-7-5-6-8-13-9-10-14(19-2)15(17)16(13)20-3/h9-10,18H,4-8,11-12H2,1-3H3. The van der Waals surface area contributed by atoms with Gasteiger partial charge in [0.1, 0.15) is 16.0 Å². The van der Waals surface area contributed by atoms with E-state index in [9.17, 15) is 0 Å². The summed E-state index contributed by atoms with van der Waals surface area (Å²) in [6, 6.07) is 4.09. The van der Waals surface area contributed by atoms with Crippen LogP contribution in [0.1, 0.15) is 38.2 Å². The Bertz CT molecular complexity index is 396. The number of ether oxygens (including phenoxy) is 2. The van der Waals surface area contributed by atoms with Crippen LogP contribution in [-0.2, 0) is 6.42 Å². The summed E-state index contributed by atoms with van der Waals surface area (Å²) in [7, 11) is 3.38. The van der Waals surface area contributed by atoms with Gasteiger partial charge < -0.3 is 14.8 Å². The molecule has 114 valence electrons. The van der Waals surface area contributed by atoms with Gasteiger partial charge in [-0.3, -0.25) is 0 Å². The maximum Gasteiger partial charge on any atom is 0.139 e. The van der Waals surface area contributed by atoms with E-state index in [0.29, 0.717) is 0 Å². The van der Waals surface area contributed by atoms with Crippen LogP contribution in [0.4, 0.5) is 0 Å². The van der Waals surface area contributed by atoms with Gasteiger partial charge in [0.2, 0.25) is 0 Å². The first-order chi connectivity index (χ1) is 9.74. The van der Waals surface area contributed by atoms with Crippen LogP contribution in [0.3, 0.4) is 0 Å². The molecule has 4 heteroatoms. The molecule has 1 aromatic carbocycles. The third kappa shape index (κ3) is 5.33. The number of halogens is 1. The maximum atomic E-state index is 5.49. The van der Waals surface area contributed by atoms with E-state index in [1.54, 1.807) is 14.2 Å². The van der Waals surface area contributed by atoms with E-state index in [0.717, 1.165) is 35.5 Å². The van der Waals surface area contributed by atoms with Crippen LogP contribution in [0, 0.1) is 0 Å². The van der Waals surface area contributed by atoms with Crippen molar-refractivity contribution in [3.63, 3.8) is 0 Å². The Morgan fingerprint density at radius 3 is 2.50 bits per heavy atom. The third-order valence-corrected chi connectivity index (χ3v) is 4.04. The lowest BCUT2D eigenvalue weighted by atomic mass is 10.1. The zero-order valence-corrected chi connectivity index (χ0v) is 14.4. The largest absolute Gasteiger partial charge is 0.495 e. The van der Waals surface area contributed by atoms with Gasteiger partial charge in [0.15, 0.2) is 0 Å². The molecule has 0 aliphatic rings. The Kier molecular flexibility index (Phi) is 8.70. The van der Waals surface area contributed by atoms with Crippen LogP contribution in [0.25, 0.3) is 0 Å². The van der Waals surface area contributed by atoms with Gasteiger partial charge in [-0.25, -0.2) is 0 Å². The fourth-order valence-electron chi connectivity index (χ4n) is 2.20. The van der Waals surface area contributed by atoms with Crippen LogP contribution in [-0.4, -0.2) is 27.3 Å². The zero-order chi connectivity index (χ0) is 14.8. The van der Waals surface area contributed by atoms with Crippen molar-refractivity contribution in [3.05, 3.63) is 22.2 Å². The monoisotopic (exact) mass is 343 g/mol. The molecule has 0 amide bonds. The minimum absolute atomic E-state index is 0.814. The molecular formula is C16H26BrNO2. The molecule has 0 spiro atoms. The third-order valence-electron chi connectivity index (χ3n) is 3.29. The van der Waals surface area contributed by atoms with Crippen molar-refractivity contribution in [1.82, 2.24) is 5.32 Å². The van der Waals surface area contributed by atoms with Gasteiger partial charge in [-0.15, -0.1) is 0 Å². The molecule has 0 bridgehead atoms. The SMILES string of the molecule is CCCNCCCCCc1ccc(OC)c(Br)c1OC. The number of hydrogen-bond acceptors (Lipinski definition) is 3. The van der Waals surface area contributed by atoms with Gasteiger partial charge in [-0.2, -0.15) is 0 Å². The van der Waals surface area contributed by atoms with E-state index in [4.69, 9.17) is 9.47 Å². The van der Waals surface area contributed by atoms with Crippen molar-refractivity contribution in [2.75, 3.05) is 27.3 Å². The number of rotatable bonds is 10. The molecule has 0 radical (unpaired) electrons. The highest BCUT2D eigenvalue weighted by molar-refractivity contribution is 9.10. The summed E-state index contributed by atoms with van der Waals surface area (Å²) >= 11 is 3.54. The van der Waals surface area contributed by atoms with Crippen LogP contribution >= 0.6 is 15.9 Å². The maximum absolute atomic E-state index is 5.49. The van der Waals surface area contributed by atoms with E-state index in [2.05, 4.69) is 34.2 Å². The molecule has 0 unspecified atom stereocenters. The summed E-state index contributed by atoms with van der Waals surface area (Å²) in [5.41, 5.74) is 1.24. The summed E-state index contributed by atoms with van der Waals surface area (Å²) in [6.07, 6.45) is 5.91. The Labute approximate surface area is 131 Å². The molecule has 0 atom stereocenters. The molecular weight excluding hydrogens is 318 g/mol. The van der Waals surface area contributed by atoms with E-state index in [1.165, 1.54) is 31.2 Å². The topological polar surface area (TPSA) is 30.5 Å². The minimum atomic E-state index is 0.814. The Balaban J connectivity index is 2.42. The van der Waals surface area contributed by atoms with Crippen molar-refractivity contribution in [1.29, 1.82) is 0 Å². The van der Waals surface area contributed by atoms with E-state index >= 15 is 0 Å². The number of hydrogen-bond donors (Lipinski definition) is 1. The quantitative estimate of drug-likeness (QED) is 0.646. The van der Waals surface area contributed by atoms with Gasteiger partial charge in [-0.05, 0) is 66.3 Å². The average molecular weight is 344 g/mol. The van der Waals surface area contributed by atoms with Crippen LogP contribution in [0.2, 0.25) is 0 Å². The molecule has 20 heavy (non-hydrogen) atoms. The van der Waals surface area contributed by atoms with Crippen molar-refractivity contribution in [3.8, 4) is 11.5 Å². The van der Waals surface area contributed by atoms with Crippen molar-refractivity contribution in [2.45, 2.75) is 39.0 Å². The molecule has 3 nitrogen and oxygen atoms in total. The molecule has 1 rings (SSSR count). The highest BCUT2D eigenvalue weighted by Crippen LogP contribution is 2.37. The predicted octanol–water partition coefficient (Wildman–Crippen LogP) is 4.18. The lowest BCUT2D eigenvalue weighted by Crippen LogP contribution is -2.15. The number of aryl methyl sites for hydroxylation is 1. The summed E-state index contributed by atoms with van der Waals surface area (Å²) in [4.78, 5) is 0. The number of methoxy groups -OCH3 is 2. The van der Waals surface area contributed by atoms with E-state index in [-0.39, 0.29) is 0 Å². The first kappa shape index (κ1) is 17.3. The fourth-order valence-corrected chi connectivity index (χ4v) is 2.91. The second-order valence-corrected chi connectivity index (χ2v) is 5.63. The van der Waals surface area contributed by atoms with Gasteiger partial charge in [0, 0.05) is 0 Å². The van der Waals surface area contributed by atoms with Crippen molar-refractivity contribution in [2.24, 2.45) is 0 Å². The van der Waals surface area contributed by atoms with E-state index in [1.807, 2.05) is 6.07 Å². The first-order valence-corrected chi connectivity index (χ1v) is 8.14. The van der Waals surface area contributed by atoms with Crippen LogP contribution < -0.4 is 14.8 Å². The zero-order valence-electron chi connectivity index (χ0n) is 12.8.